The van der Waals surface area contributed by atoms with Crippen LogP contribution in [0.1, 0.15) is 12.5 Å². The second kappa shape index (κ2) is 3.50. The summed E-state index contributed by atoms with van der Waals surface area (Å²) >= 11 is 0. The number of benzene rings is 1. The number of carbonyl (C=O) groups is 1. The average molecular weight is 186 g/mol. The van der Waals surface area contributed by atoms with Crippen molar-refractivity contribution in [1.29, 1.82) is 0 Å². The Morgan fingerprint density at radius 3 is 3.00 bits per heavy atom. The molecule has 0 bridgehead atoms. The molecule has 0 amide bonds. The van der Waals surface area contributed by atoms with E-state index in [2.05, 4.69) is 0 Å². The van der Waals surface area contributed by atoms with E-state index in [0.29, 0.717) is 5.57 Å². The molecule has 2 heteroatoms. The average Bonchev–Trinajstić information content (AvgIpc) is 2.64. The van der Waals surface area contributed by atoms with Crippen LogP contribution in [0.25, 0.3) is 17.0 Å². The SMILES string of the molecule is CC(C=O)=Cc1ccc2occc2c1. The molecule has 0 N–H and O–H groups in total. The van der Waals surface area contributed by atoms with Gasteiger partial charge < -0.3 is 4.42 Å². The van der Waals surface area contributed by atoms with Gasteiger partial charge >= 0.3 is 0 Å². The van der Waals surface area contributed by atoms with Crippen molar-refractivity contribution >= 4 is 23.3 Å². The maximum absolute atomic E-state index is 10.4. The molecule has 14 heavy (non-hydrogen) atoms. The minimum atomic E-state index is 0.716. The largest absolute Gasteiger partial charge is 0.464 e. The predicted octanol–water partition coefficient (Wildman–Crippen LogP) is 3.04. The van der Waals surface area contributed by atoms with E-state index in [1.807, 2.05) is 30.3 Å². The molecular weight excluding hydrogens is 176 g/mol. The molecule has 0 radical (unpaired) electrons. The monoisotopic (exact) mass is 186 g/mol. The lowest BCUT2D eigenvalue weighted by Crippen LogP contribution is -1.77. The van der Waals surface area contributed by atoms with Crippen molar-refractivity contribution in [2.75, 3.05) is 0 Å². The number of hydrogen-bond acceptors (Lipinski definition) is 2. The molecule has 0 aliphatic heterocycles. The summed E-state index contributed by atoms with van der Waals surface area (Å²) in [7, 11) is 0. The minimum Gasteiger partial charge on any atom is -0.464 e. The van der Waals surface area contributed by atoms with Gasteiger partial charge in [-0.25, -0.2) is 0 Å². The standard InChI is InChI=1S/C12H10O2/c1-9(8-13)6-10-2-3-12-11(7-10)4-5-14-12/h2-8H,1H3. The molecule has 0 saturated heterocycles. The molecule has 0 spiro atoms. The van der Waals surface area contributed by atoms with Gasteiger partial charge in [-0.05, 0) is 42.3 Å². The zero-order chi connectivity index (χ0) is 9.97. The molecule has 70 valence electrons. The van der Waals surface area contributed by atoms with E-state index in [-0.39, 0.29) is 0 Å². The van der Waals surface area contributed by atoms with Crippen molar-refractivity contribution in [2.45, 2.75) is 6.92 Å². The fourth-order valence-electron chi connectivity index (χ4n) is 1.37. The summed E-state index contributed by atoms with van der Waals surface area (Å²) < 4.78 is 5.21. The number of rotatable bonds is 2. The van der Waals surface area contributed by atoms with Crippen molar-refractivity contribution in [2.24, 2.45) is 0 Å². The Morgan fingerprint density at radius 1 is 1.36 bits per heavy atom. The van der Waals surface area contributed by atoms with Gasteiger partial charge in [0.05, 0.1) is 6.26 Å². The van der Waals surface area contributed by atoms with Crippen LogP contribution < -0.4 is 0 Å². The number of fused-ring (bicyclic) bond motifs is 1. The lowest BCUT2D eigenvalue weighted by Gasteiger charge is -1.94. The van der Waals surface area contributed by atoms with Crippen LogP contribution >= 0.6 is 0 Å². The van der Waals surface area contributed by atoms with Crippen molar-refractivity contribution in [1.82, 2.24) is 0 Å². The first-order chi connectivity index (χ1) is 6.79. The van der Waals surface area contributed by atoms with Gasteiger partial charge in [-0.3, -0.25) is 4.79 Å². The highest BCUT2D eigenvalue weighted by molar-refractivity contribution is 5.84. The molecule has 1 aromatic heterocycles. The number of hydrogen-bond donors (Lipinski definition) is 0. The summed E-state index contributed by atoms with van der Waals surface area (Å²) in [5.41, 5.74) is 2.60. The molecule has 0 fully saturated rings. The molecule has 2 aromatic rings. The molecule has 2 nitrogen and oxygen atoms in total. The zero-order valence-corrected chi connectivity index (χ0v) is 7.86. The molecule has 1 aromatic carbocycles. The summed E-state index contributed by atoms with van der Waals surface area (Å²) in [5.74, 6) is 0. The number of allylic oxidation sites excluding steroid dienone is 1. The molecule has 2 rings (SSSR count). The Balaban J connectivity index is 2.49. The fourth-order valence-corrected chi connectivity index (χ4v) is 1.37. The number of furan rings is 1. The molecule has 0 saturated carbocycles. The van der Waals surface area contributed by atoms with E-state index in [0.717, 1.165) is 22.8 Å². The van der Waals surface area contributed by atoms with Crippen LogP contribution in [0.2, 0.25) is 0 Å². The van der Waals surface area contributed by atoms with E-state index in [1.54, 1.807) is 13.2 Å². The van der Waals surface area contributed by atoms with E-state index in [4.69, 9.17) is 4.42 Å². The Labute approximate surface area is 81.8 Å². The lowest BCUT2D eigenvalue weighted by atomic mass is 10.1. The van der Waals surface area contributed by atoms with Crippen molar-refractivity contribution in [3.63, 3.8) is 0 Å². The van der Waals surface area contributed by atoms with Crippen LogP contribution in [0.5, 0.6) is 0 Å². The van der Waals surface area contributed by atoms with Crippen LogP contribution in [-0.2, 0) is 4.79 Å². The second-order valence-electron chi connectivity index (χ2n) is 3.22. The van der Waals surface area contributed by atoms with E-state index in [9.17, 15) is 4.79 Å². The summed E-state index contributed by atoms with van der Waals surface area (Å²) in [6, 6.07) is 7.73. The highest BCUT2D eigenvalue weighted by Crippen LogP contribution is 2.18. The van der Waals surface area contributed by atoms with E-state index < -0.39 is 0 Å². The normalized spacial score (nSPS) is 11.9. The first-order valence-electron chi connectivity index (χ1n) is 4.40. The summed E-state index contributed by atoms with van der Waals surface area (Å²) in [6.45, 7) is 1.78. The maximum atomic E-state index is 10.4. The van der Waals surface area contributed by atoms with Crippen molar-refractivity contribution in [3.8, 4) is 0 Å². The number of carbonyl (C=O) groups excluding carboxylic acids is 1. The highest BCUT2D eigenvalue weighted by atomic mass is 16.3. The van der Waals surface area contributed by atoms with Gasteiger partial charge in [0.2, 0.25) is 0 Å². The Morgan fingerprint density at radius 2 is 2.21 bits per heavy atom. The van der Waals surface area contributed by atoms with Gasteiger partial charge in [-0.15, -0.1) is 0 Å². The molecule has 0 atom stereocenters. The zero-order valence-electron chi connectivity index (χ0n) is 7.86. The quantitative estimate of drug-likeness (QED) is 0.533. The molecular formula is C12H10O2. The predicted molar refractivity (Wildman–Crippen MR) is 55.9 cm³/mol. The summed E-state index contributed by atoms with van der Waals surface area (Å²) in [5, 5.41) is 1.05. The summed E-state index contributed by atoms with van der Waals surface area (Å²) in [6.07, 6.45) is 4.35. The van der Waals surface area contributed by atoms with Gasteiger partial charge in [0, 0.05) is 5.39 Å². The first kappa shape index (κ1) is 8.75. The van der Waals surface area contributed by atoms with Crippen LogP contribution in [-0.4, -0.2) is 6.29 Å². The van der Waals surface area contributed by atoms with Crippen LogP contribution in [0.4, 0.5) is 0 Å². The van der Waals surface area contributed by atoms with Crippen LogP contribution in [0.15, 0.2) is 40.5 Å². The molecule has 1 heterocycles. The Kier molecular flexibility index (Phi) is 2.19. The number of aldehydes is 1. The van der Waals surface area contributed by atoms with Gasteiger partial charge in [0.25, 0.3) is 0 Å². The second-order valence-corrected chi connectivity index (χ2v) is 3.22. The maximum Gasteiger partial charge on any atom is 0.145 e. The first-order valence-corrected chi connectivity index (χ1v) is 4.40. The minimum absolute atomic E-state index is 0.716. The van der Waals surface area contributed by atoms with Crippen LogP contribution in [0.3, 0.4) is 0 Å². The molecule has 0 aliphatic rings. The van der Waals surface area contributed by atoms with Gasteiger partial charge in [0.15, 0.2) is 0 Å². The lowest BCUT2D eigenvalue weighted by molar-refractivity contribution is -0.104. The third-order valence-electron chi connectivity index (χ3n) is 2.06. The van der Waals surface area contributed by atoms with Gasteiger partial charge in [-0.1, -0.05) is 6.07 Å². The van der Waals surface area contributed by atoms with Gasteiger partial charge in [0.1, 0.15) is 11.9 Å². The van der Waals surface area contributed by atoms with Crippen molar-refractivity contribution < 1.29 is 9.21 Å². The van der Waals surface area contributed by atoms with Crippen molar-refractivity contribution in [3.05, 3.63) is 41.7 Å². The molecule has 0 unspecified atom stereocenters. The smallest absolute Gasteiger partial charge is 0.145 e. The Hall–Kier alpha value is -1.83. The third-order valence-corrected chi connectivity index (χ3v) is 2.06. The highest BCUT2D eigenvalue weighted by Gasteiger charge is 1.96. The Bertz CT molecular complexity index is 492. The van der Waals surface area contributed by atoms with Gasteiger partial charge in [-0.2, -0.15) is 0 Å². The third kappa shape index (κ3) is 1.59. The topological polar surface area (TPSA) is 30.2 Å². The molecule has 0 aliphatic carbocycles. The summed E-state index contributed by atoms with van der Waals surface area (Å²) in [4.78, 5) is 10.4. The van der Waals surface area contributed by atoms with E-state index >= 15 is 0 Å². The van der Waals surface area contributed by atoms with Crippen LogP contribution in [0, 0.1) is 0 Å². The fraction of sp³-hybridized carbons (Fsp3) is 0.0833. The van der Waals surface area contributed by atoms with E-state index in [1.165, 1.54) is 0 Å².